The monoisotopic (exact) mass is 286 g/mol. The van der Waals surface area contributed by atoms with Gasteiger partial charge in [0.25, 0.3) is 0 Å². The zero-order chi connectivity index (χ0) is 6.16. The maximum atomic E-state index is 3.38. The minimum Gasteiger partial charge on any atom is -0.257 e. The summed E-state index contributed by atoms with van der Waals surface area (Å²) in [5.74, 6) is 0. The van der Waals surface area contributed by atoms with Crippen LogP contribution in [0.3, 0.4) is 0 Å². The number of rotatable bonds is 0. The summed E-state index contributed by atoms with van der Waals surface area (Å²) in [5.41, 5.74) is 7.11. The Kier molecular flexibility index (Phi) is 5.18. The number of hydrogen-bond donors (Lipinski definition) is 2. The summed E-state index contributed by atoms with van der Waals surface area (Å²) in [7, 11) is 0. The molecule has 1 saturated heterocycles. The Balaban J connectivity index is 0.000000500. The van der Waals surface area contributed by atoms with E-state index in [0.29, 0.717) is 5.54 Å². The second-order valence-electron chi connectivity index (χ2n) is 3.29. The molecule has 1 aliphatic heterocycles. The van der Waals surface area contributed by atoms with E-state index < -0.39 is 0 Å². The van der Waals surface area contributed by atoms with Crippen molar-refractivity contribution in [3.05, 3.63) is 0 Å². The van der Waals surface area contributed by atoms with Crippen molar-refractivity contribution in [3.63, 3.8) is 0 Å². The minimum absolute atomic E-state index is 0. The van der Waals surface area contributed by atoms with Gasteiger partial charge in [-0.15, -0.1) is 34.0 Å². The number of hydrogen-bond acceptors (Lipinski definition) is 2. The van der Waals surface area contributed by atoms with Gasteiger partial charge in [-0.2, -0.15) is 0 Å². The summed E-state index contributed by atoms with van der Waals surface area (Å²) in [6, 6.07) is 0. The molecule has 0 aromatic rings. The van der Waals surface area contributed by atoms with Crippen LogP contribution in [0.4, 0.5) is 0 Å². The predicted octanol–water partition coefficient (Wildman–Crippen LogP) is 1.95. The van der Waals surface area contributed by atoms with Crippen molar-refractivity contribution in [1.82, 2.24) is 10.9 Å². The average molecular weight is 288 g/mol. The molecule has 1 saturated carbocycles. The summed E-state index contributed by atoms with van der Waals surface area (Å²) >= 11 is 0. The third-order valence-corrected chi connectivity index (χ3v) is 2.64. The smallest absolute Gasteiger partial charge is 0.0336 e. The maximum Gasteiger partial charge on any atom is 0.0336 e. The second kappa shape index (κ2) is 4.80. The Morgan fingerprint density at radius 1 is 0.909 bits per heavy atom. The molecule has 1 spiro atoms. The number of hydrazine groups is 1. The molecule has 1 aliphatic carbocycles. The van der Waals surface area contributed by atoms with Gasteiger partial charge >= 0.3 is 0 Å². The van der Waals surface area contributed by atoms with Gasteiger partial charge < -0.3 is 0 Å². The standard InChI is InChI=1S/C7H14N2.2BrH/c1-2-4-7(3-1)5-6-8-9-7;;/h8-9H,1-6H2;2*1H. The van der Waals surface area contributed by atoms with E-state index in [1.807, 2.05) is 0 Å². The molecule has 2 N–H and O–H groups in total. The molecule has 11 heavy (non-hydrogen) atoms. The van der Waals surface area contributed by atoms with Crippen LogP contribution in [0.25, 0.3) is 0 Å². The summed E-state index contributed by atoms with van der Waals surface area (Å²) in [6.45, 7) is 1.17. The molecule has 0 unspecified atom stereocenters. The van der Waals surface area contributed by atoms with E-state index in [1.165, 1.54) is 38.6 Å². The zero-order valence-corrected chi connectivity index (χ0v) is 9.99. The molecule has 0 bridgehead atoms. The molecule has 0 atom stereocenters. The Morgan fingerprint density at radius 3 is 2.00 bits per heavy atom. The Hall–Kier alpha value is 0.880. The molecule has 0 aromatic heterocycles. The van der Waals surface area contributed by atoms with Gasteiger partial charge in [-0.25, -0.2) is 0 Å². The lowest BCUT2D eigenvalue weighted by atomic mass is 9.96. The molecule has 2 aliphatic rings. The van der Waals surface area contributed by atoms with Crippen molar-refractivity contribution in [2.45, 2.75) is 37.6 Å². The van der Waals surface area contributed by atoms with Gasteiger partial charge in [0, 0.05) is 12.1 Å². The van der Waals surface area contributed by atoms with Gasteiger partial charge in [-0.1, -0.05) is 12.8 Å². The Labute approximate surface area is 89.0 Å². The lowest BCUT2D eigenvalue weighted by Crippen LogP contribution is -2.40. The molecule has 2 nitrogen and oxygen atoms in total. The number of halogens is 2. The lowest BCUT2D eigenvalue weighted by molar-refractivity contribution is 0.367. The molecule has 68 valence electrons. The number of nitrogens with one attached hydrogen (secondary N) is 2. The van der Waals surface area contributed by atoms with Crippen molar-refractivity contribution < 1.29 is 0 Å². The van der Waals surface area contributed by atoms with E-state index in [9.17, 15) is 0 Å². The van der Waals surface area contributed by atoms with E-state index in [2.05, 4.69) is 10.9 Å². The Morgan fingerprint density at radius 2 is 1.55 bits per heavy atom. The van der Waals surface area contributed by atoms with Crippen molar-refractivity contribution in [1.29, 1.82) is 0 Å². The SMILES string of the molecule is Br.Br.C1CCC2(C1)CCNN2. The summed E-state index contributed by atoms with van der Waals surface area (Å²) < 4.78 is 0. The highest BCUT2D eigenvalue weighted by molar-refractivity contribution is 8.93. The van der Waals surface area contributed by atoms with Gasteiger partial charge in [-0.05, 0) is 19.3 Å². The van der Waals surface area contributed by atoms with Crippen LogP contribution in [0.5, 0.6) is 0 Å². The second-order valence-corrected chi connectivity index (χ2v) is 3.29. The summed E-state index contributed by atoms with van der Waals surface area (Å²) in [6.07, 6.45) is 6.97. The van der Waals surface area contributed by atoms with Gasteiger partial charge in [0.2, 0.25) is 0 Å². The highest BCUT2D eigenvalue weighted by Gasteiger charge is 2.35. The van der Waals surface area contributed by atoms with Crippen LogP contribution in [-0.4, -0.2) is 12.1 Å². The van der Waals surface area contributed by atoms with Gasteiger partial charge in [-0.3, -0.25) is 10.9 Å². The van der Waals surface area contributed by atoms with Gasteiger partial charge in [0.05, 0.1) is 0 Å². The molecule has 0 radical (unpaired) electrons. The van der Waals surface area contributed by atoms with E-state index in [4.69, 9.17) is 0 Å². The van der Waals surface area contributed by atoms with Crippen LogP contribution in [0.15, 0.2) is 0 Å². The van der Waals surface area contributed by atoms with Crippen molar-refractivity contribution >= 4 is 34.0 Å². The van der Waals surface area contributed by atoms with Crippen molar-refractivity contribution in [3.8, 4) is 0 Å². The largest absolute Gasteiger partial charge is 0.257 e. The molecule has 4 heteroatoms. The fourth-order valence-corrected chi connectivity index (χ4v) is 2.04. The minimum atomic E-state index is 0. The van der Waals surface area contributed by atoms with E-state index in [1.54, 1.807) is 0 Å². The maximum absolute atomic E-state index is 3.38. The van der Waals surface area contributed by atoms with Crippen LogP contribution >= 0.6 is 34.0 Å². The van der Waals surface area contributed by atoms with E-state index in [-0.39, 0.29) is 34.0 Å². The first-order chi connectivity index (χ1) is 4.41. The molecule has 0 aromatic carbocycles. The molecule has 0 amide bonds. The van der Waals surface area contributed by atoms with Crippen molar-refractivity contribution in [2.24, 2.45) is 0 Å². The first-order valence-electron chi connectivity index (χ1n) is 3.91. The van der Waals surface area contributed by atoms with Crippen LogP contribution in [0.2, 0.25) is 0 Å². The fraction of sp³-hybridized carbons (Fsp3) is 1.00. The van der Waals surface area contributed by atoms with Gasteiger partial charge in [0.1, 0.15) is 0 Å². The molecule has 2 fully saturated rings. The third-order valence-electron chi connectivity index (χ3n) is 2.64. The molecule has 1 heterocycles. The molecular formula is C7H16Br2N2. The van der Waals surface area contributed by atoms with Crippen LogP contribution in [-0.2, 0) is 0 Å². The van der Waals surface area contributed by atoms with Gasteiger partial charge in [0.15, 0.2) is 0 Å². The predicted molar refractivity (Wildman–Crippen MR) is 57.6 cm³/mol. The normalized spacial score (nSPS) is 26.2. The third kappa shape index (κ3) is 2.41. The van der Waals surface area contributed by atoms with E-state index in [0.717, 1.165) is 0 Å². The zero-order valence-electron chi connectivity index (χ0n) is 6.56. The summed E-state index contributed by atoms with van der Waals surface area (Å²) in [4.78, 5) is 0. The highest BCUT2D eigenvalue weighted by atomic mass is 79.9. The molecule has 2 rings (SSSR count). The summed E-state index contributed by atoms with van der Waals surface area (Å²) in [5, 5.41) is 0. The topological polar surface area (TPSA) is 24.1 Å². The molecular weight excluding hydrogens is 272 g/mol. The quantitative estimate of drug-likeness (QED) is 0.712. The average Bonchev–Trinajstić information content (AvgIpc) is 2.45. The fourth-order valence-electron chi connectivity index (χ4n) is 2.04. The lowest BCUT2D eigenvalue weighted by Gasteiger charge is -2.20. The first kappa shape index (κ1) is 11.9. The Bertz CT molecular complexity index is 89.5. The van der Waals surface area contributed by atoms with E-state index >= 15 is 0 Å². The first-order valence-corrected chi connectivity index (χ1v) is 3.91. The van der Waals surface area contributed by atoms with Crippen LogP contribution in [0, 0.1) is 0 Å². The van der Waals surface area contributed by atoms with Crippen LogP contribution in [0.1, 0.15) is 32.1 Å². The van der Waals surface area contributed by atoms with Crippen molar-refractivity contribution in [2.75, 3.05) is 6.54 Å². The highest BCUT2D eigenvalue weighted by Crippen LogP contribution is 2.33. The van der Waals surface area contributed by atoms with Crippen LogP contribution < -0.4 is 10.9 Å².